The molecule has 0 amide bonds. The van der Waals surface area contributed by atoms with E-state index in [1.54, 1.807) is 7.05 Å². The highest BCUT2D eigenvalue weighted by atomic mass is 16.7. The summed E-state index contributed by atoms with van der Waals surface area (Å²) < 4.78 is 0. The van der Waals surface area contributed by atoms with Crippen molar-refractivity contribution in [1.29, 1.82) is 0 Å². The molecule has 0 bridgehead atoms. The fourth-order valence-electron chi connectivity index (χ4n) is 0.885. The van der Waals surface area contributed by atoms with Gasteiger partial charge in [-0.1, -0.05) is 13.8 Å². The van der Waals surface area contributed by atoms with Crippen molar-refractivity contribution in [3.05, 3.63) is 0 Å². The van der Waals surface area contributed by atoms with Crippen molar-refractivity contribution in [3.63, 3.8) is 0 Å². The maximum atomic E-state index is 10.9. The molecule has 0 aromatic carbocycles. The van der Waals surface area contributed by atoms with Crippen molar-refractivity contribution < 1.29 is 9.63 Å². The zero-order valence-corrected chi connectivity index (χ0v) is 7.26. The van der Waals surface area contributed by atoms with Gasteiger partial charge in [0.25, 0.3) is 0 Å². The molecular formula is C7H16N2O2. The molecule has 0 aliphatic rings. The van der Waals surface area contributed by atoms with Gasteiger partial charge in [-0.05, 0) is 19.4 Å². The van der Waals surface area contributed by atoms with Crippen molar-refractivity contribution in [2.75, 3.05) is 7.05 Å². The van der Waals surface area contributed by atoms with E-state index in [2.05, 4.69) is 10.2 Å². The van der Waals surface area contributed by atoms with Gasteiger partial charge in [0.2, 0.25) is 0 Å². The molecule has 11 heavy (non-hydrogen) atoms. The Morgan fingerprint density at radius 3 is 2.45 bits per heavy atom. The lowest BCUT2D eigenvalue weighted by molar-refractivity contribution is -0.147. The van der Waals surface area contributed by atoms with E-state index in [9.17, 15) is 4.79 Å². The third kappa shape index (κ3) is 3.95. The first-order valence-corrected chi connectivity index (χ1v) is 3.69. The molecule has 0 radical (unpaired) electrons. The minimum absolute atomic E-state index is 0.278. The highest BCUT2D eigenvalue weighted by Gasteiger charge is 2.17. The number of hydrogen-bond acceptors (Lipinski definition) is 4. The van der Waals surface area contributed by atoms with Crippen LogP contribution in [0.25, 0.3) is 0 Å². The topological polar surface area (TPSA) is 64.3 Å². The monoisotopic (exact) mass is 160 g/mol. The fourth-order valence-corrected chi connectivity index (χ4v) is 0.885. The van der Waals surface area contributed by atoms with Crippen molar-refractivity contribution >= 4 is 5.97 Å². The summed E-state index contributed by atoms with van der Waals surface area (Å²) in [5.74, 6) is 4.78. The predicted octanol–water partition coefficient (Wildman–Crippen LogP) is 0.0374. The van der Waals surface area contributed by atoms with E-state index in [-0.39, 0.29) is 6.04 Å². The van der Waals surface area contributed by atoms with Crippen LogP contribution >= 0.6 is 0 Å². The normalized spacial score (nSPS) is 13.2. The maximum absolute atomic E-state index is 10.9. The molecule has 1 atom stereocenters. The van der Waals surface area contributed by atoms with Crippen LogP contribution < -0.4 is 11.2 Å². The molecule has 0 saturated heterocycles. The van der Waals surface area contributed by atoms with Gasteiger partial charge in [0, 0.05) is 0 Å². The molecule has 0 saturated carbocycles. The van der Waals surface area contributed by atoms with Crippen LogP contribution in [-0.4, -0.2) is 19.1 Å². The summed E-state index contributed by atoms with van der Waals surface area (Å²) in [4.78, 5) is 15.0. The lowest BCUT2D eigenvalue weighted by Gasteiger charge is -2.14. The van der Waals surface area contributed by atoms with Crippen LogP contribution in [0, 0.1) is 5.92 Å². The van der Waals surface area contributed by atoms with E-state index < -0.39 is 5.97 Å². The number of rotatable bonds is 4. The molecule has 0 unspecified atom stereocenters. The second-order valence-electron chi connectivity index (χ2n) is 2.91. The van der Waals surface area contributed by atoms with Crippen LogP contribution in [0.1, 0.15) is 20.3 Å². The van der Waals surface area contributed by atoms with Gasteiger partial charge >= 0.3 is 5.97 Å². The zero-order chi connectivity index (χ0) is 8.85. The number of likely N-dealkylation sites (N-methyl/N-ethyl adjacent to an activating group) is 1. The molecule has 66 valence electrons. The van der Waals surface area contributed by atoms with Crippen molar-refractivity contribution in [1.82, 2.24) is 5.32 Å². The summed E-state index contributed by atoms with van der Waals surface area (Å²) >= 11 is 0. The van der Waals surface area contributed by atoms with Crippen LogP contribution in [0.5, 0.6) is 0 Å². The Kier molecular flexibility index (Phi) is 4.81. The van der Waals surface area contributed by atoms with Crippen molar-refractivity contribution in [2.24, 2.45) is 11.8 Å². The quantitative estimate of drug-likeness (QED) is 0.570. The van der Waals surface area contributed by atoms with Crippen LogP contribution in [0.3, 0.4) is 0 Å². The Bertz CT molecular complexity index is 126. The van der Waals surface area contributed by atoms with E-state index >= 15 is 0 Å². The number of carbonyl (C=O) groups is 1. The van der Waals surface area contributed by atoms with E-state index in [1.807, 2.05) is 13.8 Å². The Morgan fingerprint density at radius 1 is 1.64 bits per heavy atom. The first-order chi connectivity index (χ1) is 5.11. The molecule has 0 aromatic rings. The fraction of sp³-hybridized carbons (Fsp3) is 0.857. The number of carbonyl (C=O) groups excluding carboxylic acids is 1. The molecular weight excluding hydrogens is 144 g/mol. The maximum Gasteiger partial charge on any atom is 0.341 e. The average Bonchev–Trinajstić information content (AvgIpc) is 1.98. The van der Waals surface area contributed by atoms with Gasteiger partial charge in [-0.25, -0.2) is 4.79 Å². The minimum Gasteiger partial charge on any atom is -0.372 e. The van der Waals surface area contributed by atoms with Gasteiger partial charge in [-0.15, -0.1) is 0 Å². The summed E-state index contributed by atoms with van der Waals surface area (Å²) in [6.07, 6.45) is 0.743. The summed E-state index contributed by atoms with van der Waals surface area (Å²) in [6.45, 7) is 4.07. The average molecular weight is 160 g/mol. The Balaban J connectivity index is 3.84. The Hall–Kier alpha value is -0.610. The molecule has 0 aliphatic heterocycles. The molecule has 3 N–H and O–H groups in total. The van der Waals surface area contributed by atoms with E-state index in [0.29, 0.717) is 5.92 Å². The highest BCUT2D eigenvalue weighted by Crippen LogP contribution is 2.04. The SMILES string of the molecule is CN[C@@H](CC(C)C)C(=O)ON. The largest absolute Gasteiger partial charge is 0.372 e. The smallest absolute Gasteiger partial charge is 0.341 e. The summed E-state index contributed by atoms with van der Waals surface area (Å²) in [5, 5.41) is 2.83. The Labute approximate surface area is 67.0 Å². The number of hydrogen-bond donors (Lipinski definition) is 2. The molecule has 4 heteroatoms. The van der Waals surface area contributed by atoms with Gasteiger partial charge in [-0.2, -0.15) is 5.90 Å². The predicted molar refractivity (Wildman–Crippen MR) is 42.6 cm³/mol. The van der Waals surface area contributed by atoms with E-state index in [1.165, 1.54) is 0 Å². The number of nitrogens with two attached hydrogens (primary N) is 1. The molecule has 0 aliphatic carbocycles. The van der Waals surface area contributed by atoms with Crippen LogP contribution in [0.4, 0.5) is 0 Å². The molecule has 0 heterocycles. The second kappa shape index (κ2) is 5.09. The molecule has 0 rings (SSSR count). The molecule has 0 spiro atoms. The third-order valence-corrected chi connectivity index (χ3v) is 1.46. The summed E-state index contributed by atoms with van der Waals surface area (Å²) in [5.41, 5.74) is 0. The van der Waals surface area contributed by atoms with Crippen LogP contribution in [0.15, 0.2) is 0 Å². The van der Waals surface area contributed by atoms with E-state index in [0.717, 1.165) is 6.42 Å². The summed E-state index contributed by atoms with van der Waals surface area (Å²) in [7, 11) is 1.71. The molecule has 0 fully saturated rings. The highest BCUT2D eigenvalue weighted by molar-refractivity contribution is 5.75. The van der Waals surface area contributed by atoms with Gasteiger partial charge in [-0.3, -0.25) is 0 Å². The van der Waals surface area contributed by atoms with Gasteiger partial charge in [0.05, 0.1) is 0 Å². The molecule has 4 nitrogen and oxygen atoms in total. The lowest BCUT2D eigenvalue weighted by atomic mass is 10.0. The first kappa shape index (κ1) is 10.4. The van der Waals surface area contributed by atoms with Gasteiger partial charge in [0.15, 0.2) is 0 Å². The van der Waals surface area contributed by atoms with Crippen molar-refractivity contribution in [3.8, 4) is 0 Å². The minimum atomic E-state index is -0.402. The van der Waals surface area contributed by atoms with Gasteiger partial charge in [0.1, 0.15) is 6.04 Å². The van der Waals surface area contributed by atoms with Crippen LogP contribution in [-0.2, 0) is 9.63 Å². The molecule has 0 aromatic heterocycles. The Morgan fingerprint density at radius 2 is 2.18 bits per heavy atom. The third-order valence-electron chi connectivity index (χ3n) is 1.46. The second-order valence-corrected chi connectivity index (χ2v) is 2.91. The number of nitrogens with one attached hydrogen (secondary N) is 1. The van der Waals surface area contributed by atoms with Crippen LogP contribution in [0.2, 0.25) is 0 Å². The van der Waals surface area contributed by atoms with Gasteiger partial charge < -0.3 is 10.2 Å². The van der Waals surface area contributed by atoms with E-state index in [4.69, 9.17) is 5.90 Å². The summed E-state index contributed by atoms with van der Waals surface area (Å²) in [6, 6.07) is -0.278. The zero-order valence-electron chi connectivity index (χ0n) is 7.26. The van der Waals surface area contributed by atoms with Crippen molar-refractivity contribution in [2.45, 2.75) is 26.3 Å². The first-order valence-electron chi connectivity index (χ1n) is 3.69. The lowest BCUT2D eigenvalue weighted by Crippen LogP contribution is -2.37. The standard InChI is InChI=1S/C7H16N2O2/c1-5(2)4-6(9-3)7(10)11-8/h5-6,9H,4,8H2,1-3H3/t6-/m0/s1.